The van der Waals surface area contributed by atoms with Crippen LogP contribution in [0.3, 0.4) is 0 Å². The molecule has 13 heteroatoms. The molecule has 2 heterocycles. The van der Waals surface area contributed by atoms with Gasteiger partial charge in [-0.1, -0.05) is 18.2 Å². The fourth-order valence-electron chi connectivity index (χ4n) is 4.18. The van der Waals surface area contributed by atoms with Crippen molar-refractivity contribution < 1.29 is 39.3 Å². The summed E-state index contributed by atoms with van der Waals surface area (Å²) in [4.78, 5) is 64.0. The molecule has 4 unspecified atom stereocenters. The third-order valence-corrected chi connectivity index (χ3v) is 6.19. The van der Waals surface area contributed by atoms with Gasteiger partial charge >= 0.3 is 11.9 Å². The lowest BCUT2D eigenvalue weighted by molar-refractivity contribution is -0.142. The molecule has 0 bridgehead atoms. The van der Waals surface area contributed by atoms with Gasteiger partial charge in [0.05, 0.1) is 12.6 Å². The van der Waals surface area contributed by atoms with E-state index in [0.29, 0.717) is 18.5 Å². The molecule has 200 valence electrons. The highest BCUT2D eigenvalue weighted by atomic mass is 16.4. The van der Waals surface area contributed by atoms with Gasteiger partial charge in [0, 0.05) is 29.9 Å². The molecule has 0 spiro atoms. The second-order valence-electron chi connectivity index (χ2n) is 8.85. The summed E-state index contributed by atoms with van der Waals surface area (Å²) in [6, 6.07) is 2.60. The lowest BCUT2D eigenvalue weighted by Gasteiger charge is -2.24. The normalized spacial score (nSPS) is 17.5. The number of rotatable bonds is 13. The molecule has 3 rings (SSSR count). The van der Waals surface area contributed by atoms with E-state index in [1.807, 2.05) is 18.2 Å². The number of para-hydroxylation sites is 1. The van der Waals surface area contributed by atoms with Gasteiger partial charge in [-0.2, -0.15) is 0 Å². The van der Waals surface area contributed by atoms with Gasteiger partial charge in [-0.05, 0) is 37.4 Å². The molecule has 1 aliphatic rings. The molecule has 1 fully saturated rings. The largest absolute Gasteiger partial charge is 0.481 e. The Hall–Kier alpha value is -3.97. The Labute approximate surface area is 212 Å². The number of amides is 3. The molecule has 4 atom stereocenters. The van der Waals surface area contributed by atoms with Gasteiger partial charge < -0.3 is 41.6 Å². The highest BCUT2D eigenvalue weighted by Crippen LogP contribution is 2.19. The summed E-state index contributed by atoms with van der Waals surface area (Å²) < 4.78 is 0. The smallest absolute Gasteiger partial charge is 0.326 e. The van der Waals surface area contributed by atoms with Crippen LogP contribution in [0, 0.1) is 0 Å². The van der Waals surface area contributed by atoms with E-state index in [0.717, 1.165) is 17.3 Å². The van der Waals surface area contributed by atoms with Crippen molar-refractivity contribution in [2.75, 3.05) is 13.2 Å². The highest BCUT2D eigenvalue weighted by molar-refractivity contribution is 5.94. The molecule has 3 amide bonds. The van der Waals surface area contributed by atoms with Crippen LogP contribution in [0.25, 0.3) is 10.9 Å². The zero-order valence-corrected chi connectivity index (χ0v) is 20.0. The average Bonchev–Trinajstić information content (AvgIpc) is 3.55. The molecular weight excluding hydrogens is 486 g/mol. The number of hydrogen-bond donors (Lipinski definition) is 8. The number of aliphatic hydroxyl groups is 1. The van der Waals surface area contributed by atoms with Gasteiger partial charge in [0.15, 0.2) is 0 Å². The SMILES string of the molecule is O=C(O)CCC(NC(=O)C1CCCN1)C(=O)NC(CO)C(=O)NC(Cc1c[nH]c2ccccc12)C(=O)O. The summed E-state index contributed by atoms with van der Waals surface area (Å²) in [6.45, 7) is -0.207. The molecule has 1 aromatic heterocycles. The molecular formula is C24H31N5O8. The molecule has 0 aliphatic carbocycles. The van der Waals surface area contributed by atoms with Gasteiger partial charge in [-0.25, -0.2) is 4.79 Å². The minimum Gasteiger partial charge on any atom is -0.481 e. The van der Waals surface area contributed by atoms with E-state index in [1.165, 1.54) is 0 Å². The Morgan fingerprint density at radius 2 is 1.68 bits per heavy atom. The Kier molecular flexibility index (Phi) is 9.57. The Balaban J connectivity index is 1.65. The topological polar surface area (TPSA) is 210 Å². The standard InChI is InChI=1S/C24H31N5O8/c30-12-19(29-22(34)17(7-8-20(31)32)27-21(33)16-6-3-9-25-16)23(35)28-18(24(36)37)10-13-11-26-15-5-2-1-4-14(13)15/h1-2,4-5,11,16-19,25-26,30H,3,6-10,12H2,(H,27,33)(H,28,35)(H,29,34)(H,31,32)(H,36,37). The van der Waals surface area contributed by atoms with Crippen molar-refractivity contribution in [1.82, 2.24) is 26.3 Å². The molecule has 37 heavy (non-hydrogen) atoms. The van der Waals surface area contributed by atoms with E-state index in [4.69, 9.17) is 5.11 Å². The number of carbonyl (C=O) groups is 5. The number of carbonyl (C=O) groups excluding carboxylic acids is 3. The lowest BCUT2D eigenvalue weighted by atomic mass is 10.0. The van der Waals surface area contributed by atoms with E-state index in [9.17, 15) is 34.2 Å². The molecule has 0 saturated carbocycles. The van der Waals surface area contributed by atoms with Crippen molar-refractivity contribution >= 4 is 40.6 Å². The zero-order valence-electron chi connectivity index (χ0n) is 20.0. The molecule has 2 aromatic rings. The number of benzene rings is 1. The number of aromatic nitrogens is 1. The van der Waals surface area contributed by atoms with Crippen LogP contribution in [0.5, 0.6) is 0 Å². The van der Waals surface area contributed by atoms with E-state index >= 15 is 0 Å². The minimum absolute atomic E-state index is 0.0527. The summed E-state index contributed by atoms with van der Waals surface area (Å²) in [5, 5.41) is 39.3. The van der Waals surface area contributed by atoms with Crippen molar-refractivity contribution in [3.8, 4) is 0 Å². The number of carboxylic acid groups (broad SMARTS) is 2. The van der Waals surface area contributed by atoms with Crippen molar-refractivity contribution in [3.05, 3.63) is 36.0 Å². The van der Waals surface area contributed by atoms with E-state index in [2.05, 4.69) is 26.3 Å². The van der Waals surface area contributed by atoms with Crippen LogP contribution in [-0.2, 0) is 30.4 Å². The third kappa shape index (κ3) is 7.51. The van der Waals surface area contributed by atoms with Gasteiger partial charge in [-0.3, -0.25) is 19.2 Å². The Morgan fingerprint density at radius 1 is 0.973 bits per heavy atom. The molecule has 8 N–H and O–H groups in total. The Bertz CT molecular complexity index is 1140. The Morgan fingerprint density at radius 3 is 2.32 bits per heavy atom. The van der Waals surface area contributed by atoms with Crippen LogP contribution in [0.2, 0.25) is 0 Å². The van der Waals surface area contributed by atoms with Gasteiger partial charge in [0.2, 0.25) is 17.7 Å². The summed E-state index contributed by atoms with van der Waals surface area (Å²) in [6.07, 6.45) is 2.28. The number of carboxylic acids is 2. The quantitative estimate of drug-likeness (QED) is 0.161. The summed E-state index contributed by atoms with van der Waals surface area (Å²) in [7, 11) is 0. The first-order chi connectivity index (χ1) is 17.7. The van der Waals surface area contributed by atoms with Crippen molar-refractivity contribution in [2.45, 2.75) is 56.3 Å². The second-order valence-corrected chi connectivity index (χ2v) is 8.85. The first kappa shape index (κ1) is 27.6. The highest BCUT2D eigenvalue weighted by Gasteiger charge is 2.31. The lowest BCUT2D eigenvalue weighted by Crippen LogP contribution is -2.58. The van der Waals surface area contributed by atoms with E-state index < -0.39 is 66.9 Å². The zero-order chi connectivity index (χ0) is 26.9. The predicted molar refractivity (Wildman–Crippen MR) is 130 cm³/mol. The van der Waals surface area contributed by atoms with Crippen molar-refractivity contribution in [3.63, 3.8) is 0 Å². The van der Waals surface area contributed by atoms with Crippen LogP contribution in [0.1, 0.15) is 31.2 Å². The third-order valence-electron chi connectivity index (χ3n) is 6.19. The number of aliphatic carboxylic acids is 2. The minimum atomic E-state index is -1.52. The number of H-pyrrole nitrogens is 1. The molecule has 1 aromatic carbocycles. The first-order valence-electron chi connectivity index (χ1n) is 11.9. The van der Waals surface area contributed by atoms with Crippen molar-refractivity contribution in [2.24, 2.45) is 0 Å². The number of fused-ring (bicyclic) bond motifs is 1. The molecule has 1 saturated heterocycles. The average molecular weight is 518 g/mol. The van der Waals surface area contributed by atoms with Crippen LogP contribution in [-0.4, -0.2) is 87.3 Å². The monoisotopic (exact) mass is 517 g/mol. The van der Waals surface area contributed by atoms with Crippen LogP contribution < -0.4 is 21.3 Å². The van der Waals surface area contributed by atoms with Gasteiger partial charge in [-0.15, -0.1) is 0 Å². The maximum Gasteiger partial charge on any atom is 0.326 e. The number of hydrogen-bond acceptors (Lipinski definition) is 7. The summed E-state index contributed by atoms with van der Waals surface area (Å²) in [5.41, 5.74) is 1.46. The maximum absolute atomic E-state index is 12.9. The van der Waals surface area contributed by atoms with Crippen LogP contribution in [0.4, 0.5) is 0 Å². The number of aromatic amines is 1. The van der Waals surface area contributed by atoms with Gasteiger partial charge in [0.1, 0.15) is 18.1 Å². The summed E-state index contributed by atoms with van der Waals surface area (Å²) in [5.74, 6) is -4.77. The molecule has 1 aliphatic heterocycles. The summed E-state index contributed by atoms with van der Waals surface area (Å²) >= 11 is 0. The van der Waals surface area contributed by atoms with E-state index in [-0.39, 0.29) is 12.8 Å². The van der Waals surface area contributed by atoms with Gasteiger partial charge in [0.25, 0.3) is 0 Å². The van der Waals surface area contributed by atoms with Crippen LogP contribution >= 0.6 is 0 Å². The van der Waals surface area contributed by atoms with Crippen LogP contribution in [0.15, 0.2) is 30.5 Å². The molecule has 0 radical (unpaired) electrons. The fraction of sp³-hybridized carbons (Fsp3) is 0.458. The maximum atomic E-state index is 12.9. The molecule has 13 nitrogen and oxygen atoms in total. The number of aliphatic hydroxyl groups excluding tert-OH is 1. The number of nitrogens with one attached hydrogen (secondary N) is 5. The second kappa shape index (κ2) is 12.8. The first-order valence-corrected chi connectivity index (χ1v) is 11.9. The predicted octanol–water partition coefficient (Wildman–Crippen LogP) is -1.14. The fourth-order valence-corrected chi connectivity index (χ4v) is 4.18. The van der Waals surface area contributed by atoms with E-state index in [1.54, 1.807) is 12.3 Å². The van der Waals surface area contributed by atoms with Crippen molar-refractivity contribution in [1.29, 1.82) is 0 Å².